The molecule has 0 bridgehead atoms. The van der Waals surface area contributed by atoms with Crippen LogP contribution in [0.4, 0.5) is 5.82 Å². The van der Waals surface area contributed by atoms with Gasteiger partial charge in [-0.15, -0.1) is 0 Å². The average Bonchev–Trinajstić information content (AvgIpc) is 2.40. The second-order valence-electron chi connectivity index (χ2n) is 4.54. The van der Waals surface area contributed by atoms with E-state index in [-0.39, 0.29) is 6.10 Å². The summed E-state index contributed by atoms with van der Waals surface area (Å²) in [6, 6.07) is 1.85. The molecule has 1 aromatic rings. The van der Waals surface area contributed by atoms with Crippen LogP contribution >= 0.6 is 0 Å². The predicted molar refractivity (Wildman–Crippen MR) is 69.9 cm³/mol. The van der Waals surface area contributed by atoms with Crippen molar-refractivity contribution in [1.29, 1.82) is 0 Å². The van der Waals surface area contributed by atoms with Gasteiger partial charge in [-0.2, -0.15) is 0 Å². The molecule has 18 heavy (non-hydrogen) atoms. The smallest absolute Gasteiger partial charge is 0.218 e. The molecule has 1 saturated carbocycles. The van der Waals surface area contributed by atoms with Crippen LogP contribution < -0.4 is 10.1 Å². The molecule has 100 valence electrons. The maximum absolute atomic E-state index is 5.90. The Kier molecular flexibility index (Phi) is 4.75. The summed E-state index contributed by atoms with van der Waals surface area (Å²) >= 11 is 0. The Bertz CT molecular complexity index is 373. The van der Waals surface area contributed by atoms with E-state index in [0.717, 1.165) is 38.0 Å². The van der Waals surface area contributed by atoms with Gasteiger partial charge in [0.2, 0.25) is 5.88 Å². The first-order valence-corrected chi connectivity index (χ1v) is 6.57. The quantitative estimate of drug-likeness (QED) is 0.869. The van der Waals surface area contributed by atoms with Gasteiger partial charge in [-0.05, 0) is 26.2 Å². The summed E-state index contributed by atoms with van der Waals surface area (Å²) in [5, 5.41) is 3.15. The van der Waals surface area contributed by atoms with E-state index in [9.17, 15) is 0 Å². The molecule has 1 aromatic heterocycles. The fraction of sp³-hybridized carbons (Fsp3) is 0.692. The third kappa shape index (κ3) is 3.57. The van der Waals surface area contributed by atoms with Crippen molar-refractivity contribution in [3.63, 3.8) is 0 Å². The van der Waals surface area contributed by atoms with Crippen LogP contribution in [-0.2, 0) is 4.74 Å². The summed E-state index contributed by atoms with van der Waals surface area (Å²) in [6.45, 7) is 2.87. The molecule has 1 N–H and O–H groups in total. The lowest BCUT2D eigenvalue weighted by Gasteiger charge is -2.28. The highest BCUT2D eigenvalue weighted by Crippen LogP contribution is 2.24. The van der Waals surface area contributed by atoms with Gasteiger partial charge < -0.3 is 14.8 Å². The normalized spacial score (nSPS) is 23.7. The van der Waals surface area contributed by atoms with E-state index in [4.69, 9.17) is 9.47 Å². The second kappa shape index (κ2) is 6.54. The number of ether oxygens (including phenoxy) is 2. The molecule has 5 nitrogen and oxygen atoms in total. The minimum atomic E-state index is 0.202. The third-order valence-corrected chi connectivity index (χ3v) is 3.20. The lowest BCUT2D eigenvalue weighted by atomic mass is 9.95. The van der Waals surface area contributed by atoms with Gasteiger partial charge in [-0.25, -0.2) is 9.97 Å². The molecule has 0 spiro atoms. The zero-order valence-electron chi connectivity index (χ0n) is 11.1. The largest absolute Gasteiger partial charge is 0.474 e. The van der Waals surface area contributed by atoms with Crippen LogP contribution in [0.2, 0.25) is 0 Å². The predicted octanol–water partition coefficient (Wildman–Crippen LogP) is 2.24. The zero-order valence-corrected chi connectivity index (χ0v) is 11.1. The first-order chi connectivity index (χ1) is 8.81. The van der Waals surface area contributed by atoms with E-state index in [0.29, 0.717) is 12.0 Å². The monoisotopic (exact) mass is 251 g/mol. The summed E-state index contributed by atoms with van der Waals surface area (Å²) in [5.74, 6) is 1.45. The molecule has 2 atom stereocenters. The average molecular weight is 251 g/mol. The molecule has 1 aliphatic rings. The number of nitrogens with one attached hydrogen (secondary N) is 1. The molecule has 0 aromatic carbocycles. The molecule has 1 fully saturated rings. The molecule has 0 saturated heterocycles. The van der Waals surface area contributed by atoms with Gasteiger partial charge in [0, 0.05) is 26.1 Å². The van der Waals surface area contributed by atoms with E-state index >= 15 is 0 Å². The van der Waals surface area contributed by atoms with Crippen molar-refractivity contribution < 1.29 is 9.47 Å². The zero-order chi connectivity index (χ0) is 12.8. The van der Waals surface area contributed by atoms with Crippen LogP contribution in [0.1, 0.15) is 32.6 Å². The Morgan fingerprint density at radius 1 is 1.33 bits per heavy atom. The van der Waals surface area contributed by atoms with Gasteiger partial charge in [0.05, 0.1) is 6.10 Å². The van der Waals surface area contributed by atoms with Gasteiger partial charge in [0.25, 0.3) is 0 Å². The maximum atomic E-state index is 5.90. The summed E-state index contributed by atoms with van der Waals surface area (Å²) in [4.78, 5) is 8.28. The highest BCUT2D eigenvalue weighted by atomic mass is 16.5. The van der Waals surface area contributed by atoms with Crippen molar-refractivity contribution >= 4 is 5.82 Å². The highest BCUT2D eigenvalue weighted by Gasteiger charge is 2.23. The molecule has 2 rings (SSSR count). The van der Waals surface area contributed by atoms with E-state index in [2.05, 4.69) is 15.3 Å². The van der Waals surface area contributed by atoms with Crippen molar-refractivity contribution in [2.24, 2.45) is 0 Å². The number of aromatic nitrogens is 2. The first kappa shape index (κ1) is 13.1. The van der Waals surface area contributed by atoms with Gasteiger partial charge >= 0.3 is 0 Å². The lowest BCUT2D eigenvalue weighted by molar-refractivity contribution is 0.0195. The summed E-state index contributed by atoms with van der Waals surface area (Å²) in [6.07, 6.45) is 6.34. The van der Waals surface area contributed by atoms with E-state index in [1.807, 2.05) is 13.0 Å². The Morgan fingerprint density at radius 2 is 2.17 bits per heavy atom. The second-order valence-corrected chi connectivity index (χ2v) is 4.54. The summed E-state index contributed by atoms with van der Waals surface area (Å²) in [5.41, 5.74) is 0. The number of anilines is 1. The number of rotatable bonds is 5. The summed E-state index contributed by atoms with van der Waals surface area (Å²) in [7, 11) is 1.76. The van der Waals surface area contributed by atoms with Crippen molar-refractivity contribution in [2.75, 3.05) is 19.0 Å². The van der Waals surface area contributed by atoms with Crippen LogP contribution in [0.5, 0.6) is 5.88 Å². The number of hydrogen-bond acceptors (Lipinski definition) is 5. The van der Waals surface area contributed by atoms with Crippen molar-refractivity contribution in [2.45, 2.75) is 44.8 Å². The Labute approximate surface area is 108 Å². The summed E-state index contributed by atoms with van der Waals surface area (Å²) < 4.78 is 11.3. The van der Waals surface area contributed by atoms with E-state index in [1.54, 1.807) is 7.11 Å². The maximum Gasteiger partial charge on any atom is 0.218 e. The SMILES string of the molecule is CCNc1cc(OC2CCCC(OC)C2)ncn1. The van der Waals surface area contributed by atoms with E-state index < -0.39 is 0 Å². The van der Waals surface area contributed by atoms with Gasteiger partial charge in [-0.3, -0.25) is 0 Å². The van der Waals surface area contributed by atoms with Crippen LogP contribution in [0.15, 0.2) is 12.4 Å². The number of methoxy groups -OCH3 is 1. The molecule has 0 aliphatic heterocycles. The van der Waals surface area contributed by atoms with Crippen molar-refractivity contribution in [3.8, 4) is 5.88 Å². The Hall–Kier alpha value is -1.36. The fourth-order valence-corrected chi connectivity index (χ4v) is 2.28. The molecular formula is C13H21N3O2. The third-order valence-electron chi connectivity index (χ3n) is 3.20. The van der Waals surface area contributed by atoms with Crippen LogP contribution in [0, 0.1) is 0 Å². The first-order valence-electron chi connectivity index (χ1n) is 6.57. The van der Waals surface area contributed by atoms with Crippen molar-refractivity contribution in [1.82, 2.24) is 9.97 Å². The molecule has 1 aliphatic carbocycles. The topological polar surface area (TPSA) is 56.3 Å². The number of nitrogens with zero attached hydrogens (tertiary/aromatic N) is 2. The highest BCUT2D eigenvalue weighted by molar-refractivity contribution is 5.36. The molecule has 0 amide bonds. The number of hydrogen-bond donors (Lipinski definition) is 1. The van der Waals surface area contributed by atoms with Crippen LogP contribution in [-0.4, -0.2) is 35.8 Å². The Balaban J connectivity index is 1.93. The lowest BCUT2D eigenvalue weighted by Crippen LogP contribution is -2.29. The van der Waals surface area contributed by atoms with Gasteiger partial charge in [-0.1, -0.05) is 0 Å². The molecule has 5 heteroatoms. The molecular weight excluding hydrogens is 230 g/mol. The Morgan fingerprint density at radius 3 is 2.94 bits per heavy atom. The van der Waals surface area contributed by atoms with E-state index in [1.165, 1.54) is 6.33 Å². The van der Waals surface area contributed by atoms with Gasteiger partial charge in [0.1, 0.15) is 18.2 Å². The van der Waals surface area contributed by atoms with Gasteiger partial charge in [0.15, 0.2) is 0 Å². The van der Waals surface area contributed by atoms with Crippen LogP contribution in [0.25, 0.3) is 0 Å². The molecule has 1 heterocycles. The standard InChI is InChI=1S/C13H21N3O2/c1-3-14-12-8-13(16-9-15-12)18-11-6-4-5-10(7-11)17-2/h8-11H,3-7H2,1-2H3,(H,14,15,16). The molecule has 2 unspecified atom stereocenters. The minimum Gasteiger partial charge on any atom is -0.474 e. The van der Waals surface area contributed by atoms with Crippen LogP contribution in [0.3, 0.4) is 0 Å². The minimum absolute atomic E-state index is 0.202. The molecule has 0 radical (unpaired) electrons. The fourth-order valence-electron chi connectivity index (χ4n) is 2.28. The van der Waals surface area contributed by atoms with Crippen molar-refractivity contribution in [3.05, 3.63) is 12.4 Å².